The third-order valence-corrected chi connectivity index (χ3v) is 3.43. The number of carbonyl (C=O) groups excluding carboxylic acids is 2. The average molecular weight is 367 g/mol. The van der Waals surface area contributed by atoms with Gasteiger partial charge in [0.05, 0.1) is 4.92 Å². The molecule has 2 amide bonds. The van der Waals surface area contributed by atoms with E-state index in [-0.39, 0.29) is 16.9 Å². The minimum Gasteiger partial charge on any atom is -0.346 e. The Bertz CT molecular complexity index is 866. The SMILES string of the molecule is CC(C)(C)NC(=O)/C(=C/c1ccccc1)NC(=O)c1ccc([N+](=O)[O-])cc1. The summed E-state index contributed by atoms with van der Waals surface area (Å²) in [6, 6.07) is 14.3. The van der Waals surface area contributed by atoms with E-state index >= 15 is 0 Å². The van der Waals surface area contributed by atoms with E-state index in [0.717, 1.165) is 5.56 Å². The van der Waals surface area contributed by atoms with Crippen LogP contribution >= 0.6 is 0 Å². The lowest BCUT2D eigenvalue weighted by molar-refractivity contribution is -0.384. The number of nitro benzene ring substituents is 1. The van der Waals surface area contributed by atoms with Crippen LogP contribution < -0.4 is 10.6 Å². The van der Waals surface area contributed by atoms with Gasteiger partial charge in [-0.3, -0.25) is 19.7 Å². The summed E-state index contributed by atoms with van der Waals surface area (Å²) in [4.78, 5) is 35.3. The monoisotopic (exact) mass is 367 g/mol. The highest BCUT2D eigenvalue weighted by atomic mass is 16.6. The number of nitrogens with zero attached hydrogens (tertiary/aromatic N) is 1. The number of nitrogens with one attached hydrogen (secondary N) is 2. The van der Waals surface area contributed by atoms with Gasteiger partial charge in [-0.1, -0.05) is 30.3 Å². The lowest BCUT2D eigenvalue weighted by atomic mass is 10.1. The first-order valence-electron chi connectivity index (χ1n) is 8.31. The topological polar surface area (TPSA) is 101 Å². The molecule has 2 aromatic rings. The maximum atomic E-state index is 12.6. The highest BCUT2D eigenvalue weighted by Crippen LogP contribution is 2.13. The van der Waals surface area contributed by atoms with E-state index in [0.29, 0.717) is 0 Å². The van der Waals surface area contributed by atoms with E-state index in [4.69, 9.17) is 0 Å². The second-order valence-corrected chi connectivity index (χ2v) is 6.93. The molecule has 0 spiro atoms. The van der Waals surface area contributed by atoms with Gasteiger partial charge < -0.3 is 10.6 Å². The lowest BCUT2D eigenvalue weighted by Crippen LogP contribution is -2.44. The van der Waals surface area contributed by atoms with Crippen LogP contribution in [0.3, 0.4) is 0 Å². The van der Waals surface area contributed by atoms with Crippen LogP contribution in [0.4, 0.5) is 5.69 Å². The first-order valence-corrected chi connectivity index (χ1v) is 8.31. The zero-order valence-corrected chi connectivity index (χ0v) is 15.4. The molecule has 140 valence electrons. The standard InChI is InChI=1S/C20H21N3O4/c1-20(2,3)22-19(25)17(13-14-7-5-4-6-8-14)21-18(24)15-9-11-16(12-10-15)23(26)27/h4-13H,1-3H3,(H,21,24)(H,22,25)/b17-13-. The smallest absolute Gasteiger partial charge is 0.269 e. The molecule has 27 heavy (non-hydrogen) atoms. The minimum atomic E-state index is -0.542. The Morgan fingerprint density at radius 1 is 1.00 bits per heavy atom. The number of non-ortho nitro benzene ring substituents is 1. The van der Waals surface area contributed by atoms with Crippen molar-refractivity contribution in [3.63, 3.8) is 0 Å². The number of benzene rings is 2. The summed E-state index contributed by atoms with van der Waals surface area (Å²) in [7, 11) is 0. The number of hydrogen-bond acceptors (Lipinski definition) is 4. The Kier molecular flexibility index (Phi) is 6.07. The van der Waals surface area contributed by atoms with Crippen molar-refractivity contribution >= 4 is 23.6 Å². The summed E-state index contributed by atoms with van der Waals surface area (Å²) < 4.78 is 0. The maximum absolute atomic E-state index is 12.6. The molecular weight excluding hydrogens is 346 g/mol. The van der Waals surface area contributed by atoms with Gasteiger partial charge in [0.2, 0.25) is 0 Å². The Morgan fingerprint density at radius 3 is 2.11 bits per heavy atom. The molecule has 0 aliphatic heterocycles. The van der Waals surface area contributed by atoms with E-state index in [1.54, 1.807) is 6.08 Å². The molecule has 0 unspecified atom stereocenters. The van der Waals surface area contributed by atoms with Crippen molar-refractivity contribution in [2.45, 2.75) is 26.3 Å². The Balaban J connectivity index is 2.27. The summed E-state index contributed by atoms with van der Waals surface area (Å²) in [6.45, 7) is 5.51. The molecule has 2 aromatic carbocycles. The van der Waals surface area contributed by atoms with E-state index in [9.17, 15) is 19.7 Å². The third-order valence-electron chi connectivity index (χ3n) is 3.43. The predicted molar refractivity (Wildman–Crippen MR) is 103 cm³/mol. The van der Waals surface area contributed by atoms with E-state index in [1.165, 1.54) is 24.3 Å². The highest BCUT2D eigenvalue weighted by molar-refractivity contribution is 6.05. The lowest BCUT2D eigenvalue weighted by Gasteiger charge is -2.22. The zero-order chi connectivity index (χ0) is 20.0. The number of nitro groups is 1. The molecule has 0 radical (unpaired) electrons. The summed E-state index contributed by atoms with van der Waals surface area (Å²) in [5.41, 5.74) is 0.450. The number of carbonyl (C=O) groups is 2. The molecule has 7 heteroatoms. The van der Waals surface area contributed by atoms with Gasteiger partial charge in [0.1, 0.15) is 5.70 Å². The fourth-order valence-corrected chi connectivity index (χ4v) is 2.21. The van der Waals surface area contributed by atoms with Crippen LogP contribution in [-0.4, -0.2) is 22.3 Å². The largest absolute Gasteiger partial charge is 0.346 e. The van der Waals surface area contributed by atoms with Crippen molar-refractivity contribution in [1.29, 1.82) is 0 Å². The second-order valence-electron chi connectivity index (χ2n) is 6.93. The molecule has 0 fully saturated rings. The summed E-state index contributed by atoms with van der Waals surface area (Å²) >= 11 is 0. The zero-order valence-electron chi connectivity index (χ0n) is 15.4. The highest BCUT2D eigenvalue weighted by Gasteiger charge is 2.20. The van der Waals surface area contributed by atoms with Gasteiger partial charge in [-0.15, -0.1) is 0 Å². The summed E-state index contributed by atoms with van der Waals surface area (Å²) in [5.74, 6) is -0.960. The van der Waals surface area contributed by atoms with Crippen molar-refractivity contribution in [1.82, 2.24) is 10.6 Å². The molecule has 0 heterocycles. The van der Waals surface area contributed by atoms with Crippen LogP contribution in [0.1, 0.15) is 36.7 Å². The van der Waals surface area contributed by atoms with Gasteiger partial charge in [-0.25, -0.2) is 0 Å². The van der Waals surface area contributed by atoms with Crippen molar-refractivity contribution in [3.8, 4) is 0 Å². The minimum absolute atomic E-state index is 0.0828. The molecule has 0 aliphatic rings. The molecule has 7 nitrogen and oxygen atoms in total. The molecule has 0 aliphatic carbocycles. The van der Waals surface area contributed by atoms with Crippen molar-refractivity contribution < 1.29 is 14.5 Å². The average Bonchev–Trinajstić information content (AvgIpc) is 2.60. The quantitative estimate of drug-likeness (QED) is 0.481. The molecule has 0 saturated heterocycles. The van der Waals surface area contributed by atoms with Gasteiger partial charge in [-0.05, 0) is 44.5 Å². The van der Waals surface area contributed by atoms with Gasteiger partial charge in [-0.2, -0.15) is 0 Å². The second kappa shape index (κ2) is 8.27. The molecule has 0 saturated carbocycles. The van der Waals surface area contributed by atoms with Crippen LogP contribution in [0.2, 0.25) is 0 Å². The van der Waals surface area contributed by atoms with Crippen LogP contribution in [-0.2, 0) is 4.79 Å². The number of hydrogen-bond donors (Lipinski definition) is 2. The summed E-state index contributed by atoms with van der Waals surface area (Å²) in [6.07, 6.45) is 1.57. The molecule has 2 rings (SSSR count). The molecule has 0 bridgehead atoms. The Hall–Kier alpha value is -3.48. The fourth-order valence-electron chi connectivity index (χ4n) is 2.21. The maximum Gasteiger partial charge on any atom is 0.269 e. The van der Waals surface area contributed by atoms with E-state index in [2.05, 4.69) is 10.6 Å². The first-order chi connectivity index (χ1) is 12.7. The third kappa shape index (κ3) is 6.07. The normalized spacial score (nSPS) is 11.6. The Morgan fingerprint density at radius 2 is 1.59 bits per heavy atom. The van der Waals surface area contributed by atoms with Gasteiger partial charge in [0.15, 0.2) is 0 Å². The van der Waals surface area contributed by atoms with Gasteiger partial charge in [0, 0.05) is 23.2 Å². The van der Waals surface area contributed by atoms with E-state index in [1.807, 2.05) is 51.1 Å². The number of amides is 2. The van der Waals surface area contributed by atoms with Crippen LogP contribution in [0.5, 0.6) is 0 Å². The van der Waals surface area contributed by atoms with Crippen LogP contribution in [0.25, 0.3) is 6.08 Å². The van der Waals surface area contributed by atoms with Crippen molar-refractivity contribution in [2.75, 3.05) is 0 Å². The molecule has 2 N–H and O–H groups in total. The fraction of sp³-hybridized carbons (Fsp3) is 0.200. The van der Waals surface area contributed by atoms with Crippen LogP contribution in [0.15, 0.2) is 60.3 Å². The Labute approximate surface area is 157 Å². The molecule has 0 atom stereocenters. The predicted octanol–water partition coefficient (Wildman–Crippen LogP) is 3.28. The number of rotatable bonds is 5. The van der Waals surface area contributed by atoms with Crippen molar-refractivity contribution in [3.05, 3.63) is 81.5 Å². The van der Waals surface area contributed by atoms with Crippen molar-refractivity contribution in [2.24, 2.45) is 0 Å². The molecule has 0 aromatic heterocycles. The van der Waals surface area contributed by atoms with E-state index < -0.39 is 22.3 Å². The van der Waals surface area contributed by atoms with Gasteiger partial charge >= 0.3 is 0 Å². The van der Waals surface area contributed by atoms with Crippen LogP contribution in [0, 0.1) is 10.1 Å². The first kappa shape index (κ1) is 19.8. The summed E-state index contributed by atoms with van der Waals surface area (Å²) in [5, 5.41) is 16.1. The molecular formula is C20H21N3O4. The van der Waals surface area contributed by atoms with Gasteiger partial charge in [0.25, 0.3) is 17.5 Å².